The third kappa shape index (κ3) is 3.03. The lowest BCUT2D eigenvalue weighted by Gasteiger charge is -2.39. The molecule has 2 rings (SSSR count). The molecule has 1 aliphatic carbocycles. The van der Waals surface area contributed by atoms with Crippen LogP contribution in [-0.2, 0) is 0 Å². The van der Waals surface area contributed by atoms with Gasteiger partial charge in [-0.05, 0) is 37.0 Å². The van der Waals surface area contributed by atoms with Gasteiger partial charge in [-0.25, -0.2) is 0 Å². The molecule has 0 aromatic carbocycles. The number of hydrogen-bond donors (Lipinski definition) is 1. The van der Waals surface area contributed by atoms with Crippen molar-refractivity contribution in [2.45, 2.75) is 59.1 Å². The average Bonchev–Trinajstić information content (AvgIpc) is 2.34. The highest BCUT2D eigenvalue weighted by atomic mass is 16.3. The van der Waals surface area contributed by atoms with Crippen molar-refractivity contribution in [3.8, 4) is 11.8 Å². The molecule has 17 heavy (non-hydrogen) atoms. The number of nitrogens with zero attached hydrogens (tertiary/aromatic N) is 1. The van der Waals surface area contributed by atoms with Crippen LogP contribution >= 0.6 is 0 Å². The number of rotatable bonds is 1. The maximum absolute atomic E-state index is 9.16. The van der Waals surface area contributed by atoms with Gasteiger partial charge in [-0.1, -0.05) is 32.6 Å². The molecule has 2 bridgehead atoms. The van der Waals surface area contributed by atoms with E-state index < -0.39 is 6.10 Å². The molecule has 1 heterocycles. The zero-order chi connectivity index (χ0) is 12.7. The fraction of sp³-hybridized carbons (Fsp3) is 0.867. The van der Waals surface area contributed by atoms with Gasteiger partial charge in [-0.2, -0.15) is 0 Å². The van der Waals surface area contributed by atoms with E-state index in [2.05, 4.69) is 37.5 Å². The minimum Gasteiger partial charge on any atom is -0.381 e. The number of hydrogen-bond acceptors (Lipinski definition) is 2. The van der Waals surface area contributed by atoms with Gasteiger partial charge in [0, 0.05) is 12.6 Å². The van der Waals surface area contributed by atoms with Gasteiger partial charge in [0.1, 0.15) is 6.10 Å². The second kappa shape index (κ2) is 4.30. The van der Waals surface area contributed by atoms with E-state index in [0.29, 0.717) is 16.9 Å². The summed E-state index contributed by atoms with van der Waals surface area (Å²) in [6.07, 6.45) is 3.45. The molecular weight excluding hydrogens is 210 g/mol. The Bertz CT molecular complexity index is 350. The average molecular weight is 235 g/mol. The third-order valence-electron chi connectivity index (χ3n) is 4.12. The van der Waals surface area contributed by atoms with Gasteiger partial charge in [-0.3, -0.25) is 4.90 Å². The summed E-state index contributed by atoms with van der Waals surface area (Å²) in [5, 5.41) is 9.16. The summed E-state index contributed by atoms with van der Waals surface area (Å²) >= 11 is 0. The Balaban J connectivity index is 2.02. The van der Waals surface area contributed by atoms with Crippen molar-refractivity contribution in [1.82, 2.24) is 4.90 Å². The maximum atomic E-state index is 9.16. The second-order valence-electron chi connectivity index (χ2n) is 7.12. The zero-order valence-corrected chi connectivity index (χ0v) is 11.6. The van der Waals surface area contributed by atoms with Crippen LogP contribution in [0, 0.1) is 22.7 Å². The molecule has 2 nitrogen and oxygen atoms in total. The summed E-state index contributed by atoms with van der Waals surface area (Å²) in [7, 11) is 0. The first-order valence-electron chi connectivity index (χ1n) is 6.70. The quantitative estimate of drug-likeness (QED) is 0.705. The van der Waals surface area contributed by atoms with Crippen molar-refractivity contribution in [2.75, 3.05) is 13.1 Å². The van der Waals surface area contributed by atoms with Crippen LogP contribution in [0.5, 0.6) is 0 Å². The van der Waals surface area contributed by atoms with Gasteiger partial charge in [0.2, 0.25) is 0 Å². The van der Waals surface area contributed by atoms with Crippen molar-refractivity contribution in [1.29, 1.82) is 0 Å². The Morgan fingerprint density at radius 3 is 2.71 bits per heavy atom. The predicted molar refractivity (Wildman–Crippen MR) is 70.6 cm³/mol. The van der Waals surface area contributed by atoms with Gasteiger partial charge >= 0.3 is 0 Å². The lowest BCUT2D eigenvalue weighted by atomic mass is 9.65. The molecule has 1 N–H and O–H groups in total. The normalized spacial score (nSPS) is 37.4. The Kier molecular flexibility index (Phi) is 3.27. The van der Waals surface area contributed by atoms with Crippen molar-refractivity contribution in [3.05, 3.63) is 0 Å². The van der Waals surface area contributed by atoms with Crippen LogP contribution in [0.15, 0.2) is 0 Å². The molecule has 0 amide bonds. The largest absolute Gasteiger partial charge is 0.381 e. The first-order chi connectivity index (χ1) is 7.80. The van der Waals surface area contributed by atoms with E-state index in [4.69, 9.17) is 5.11 Å². The van der Waals surface area contributed by atoms with Crippen LogP contribution in [-0.4, -0.2) is 35.2 Å². The van der Waals surface area contributed by atoms with Crippen molar-refractivity contribution in [2.24, 2.45) is 10.8 Å². The lowest BCUT2D eigenvalue weighted by molar-refractivity contribution is 0.129. The molecule has 1 aliphatic heterocycles. The minimum absolute atomic E-state index is 0.476. The van der Waals surface area contributed by atoms with Crippen LogP contribution in [0.2, 0.25) is 0 Å². The van der Waals surface area contributed by atoms with E-state index >= 15 is 0 Å². The van der Waals surface area contributed by atoms with Crippen LogP contribution in [0.3, 0.4) is 0 Å². The molecule has 1 saturated heterocycles. The summed E-state index contributed by atoms with van der Waals surface area (Å²) < 4.78 is 0. The first kappa shape index (κ1) is 12.9. The highest BCUT2D eigenvalue weighted by Crippen LogP contribution is 2.52. The monoisotopic (exact) mass is 235 g/mol. The number of likely N-dealkylation sites (tertiary alicyclic amines) is 1. The molecule has 0 aromatic heterocycles. The molecule has 1 unspecified atom stereocenters. The van der Waals surface area contributed by atoms with E-state index in [1.165, 1.54) is 25.8 Å². The van der Waals surface area contributed by atoms with Crippen molar-refractivity contribution in [3.63, 3.8) is 0 Å². The van der Waals surface area contributed by atoms with E-state index in [-0.39, 0.29) is 0 Å². The van der Waals surface area contributed by atoms with Crippen LogP contribution < -0.4 is 0 Å². The summed E-state index contributed by atoms with van der Waals surface area (Å²) in [5.41, 5.74) is 0.961. The highest BCUT2D eigenvalue weighted by Gasteiger charge is 2.49. The van der Waals surface area contributed by atoms with E-state index in [0.717, 1.165) is 6.54 Å². The third-order valence-corrected chi connectivity index (χ3v) is 4.12. The molecule has 2 fully saturated rings. The maximum Gasteiger partial charge on any atom is 0.112 e. The number of fused-ring (bicyclic) bond motifs is 2. The van der Waals surface area contributed by atoms with Crippen molar-refractivity contribution >= 4 is 0 Å². The fourth-order valence-electron chi connectivity index (χ4n) is 4.06. The van der Waals surface area contributed by atoms with Gasteiger partial charge in [-0.15, -0.1) is 0 Å². The topological polar surface area (TPSA) is 23.5 Å². The van der Waals surface area contributed by atoms with Gasteiger partial charge in [0.25, 0.3) is 0 Å². The zero-order valence-electron chi connectivity index (χ0n) is 11.6. The summed E-state index contributed by atoms with van der Waals surface area (Å²) in [6, 6.07) is 0.701. The smallest absolute Gasteiger partial charge is 0.112 e. The van der Waals surface area contributed by atoms with Crippen LogP contribution in [0.25, 0.3) is 0 Å². The van der Waals surface area contributed by atoms with Crippen LogP contribution in [0.4, 0.5) is 0 Å². The standard InChI is InChI=1S/C15H25NO/c1-12(17)6-5-7-16-11-15(4)9-13(16)8-14(2,3)10-15/h12-13,17H,7-11H2,1-4H3/t12?,13-,15+/m0/s1. The predicted octanol–water partition coefficient (Wildman–Crippen LogP) is 2.27. The van der Waals surface area contributed by atoms with E-state index in [1.807, 2.05) is 0 Å². The fourth-order valence-corrected chi connectivity index (χ4v) is 4.06. The molecule has 96 valence electrons. The van der Waals surface area contributed by atoms with E-state index in [1.54, 1.807) is 6.92 Å². The highest BCUT2D eigenvalue weighted by molar-refractivity contribution is 5.09. The summed E-state index contributed by atoms with van der Waals surface area (Å²) in [6.45, 7) is 10.9. The molecule has 3 atom stereocenters. The van der Waals surface area contributed by atoms with Crippen molar-refractivity contribution < 1.29 is 5.11 Å². The number of aliphatic hydroxyl groups excluding tert-OH is 1. The van der Waals surface area contributed by atoms with Gasteiger partial charge in [0.05, 0.1) is 6.54 Å². The minimum atomic E-state index is -0.496. The Morgan fingerprint density at radius 2 is 2.06 bits per heavy atom. The van der Waals surface area contributed by atoms with Gasteiger partial charge < -0.3 is 5.11 Å². The molecule has 0 radical (unpaired) electrons. The Morgan fingerprint density at radius 1 is 1.35 bits per heavy atom. The molecular formula is C15H25NO. The molecule has 0 aromatic rings. The Hall–Kier alpha value is -0.520. The molecule has 2 heteroatoms. The SMILES string of the molecule is CC(O)C#CCN1C[C@]2(C)C[C@@H]1CC(C)(C)C2. The Labute approximate surface area is 105 Å². The van der Waals surface area contributed by atoms with Crippen LogP contribution in [0.1, 0.15) is 47.0 Å². The van der Waals surface area contributed by atoms with E-state index in [9.17, 15) is 0 Å². The van der Waals surface area contributed by atoms with Gasteiger partial charge in [0.15, 0.2) is 0 Å². The molecule has 0 spiro atoms. The first-order valence-corrected chi connectivity index (χ1v) is 6.70. The number of aliphatic hydroxyl groups is 1. The molecule has 2 aliphatic rings. The molecule has 1 saturated carbocycles. The lowest BCUT2D eigenvalue weighted by Crippen LogP contribution is -2.34. The second-order valence-corrected chi connectivity index (χ2v) is 7.12. The summed E-state index contributed by atoms with van der Waals surface area (Å²) in [4.78, 5) is 2.52. The summed E-state index contributed by atoms with van der Waals surface area (Å²) in [5.74, 6) is 5.96.